The number of benzene rings is 18. The van der Waals surface area contributed by atoms with E-state index < -0.39 is 0 Å². The molecular weight excluding hydrogens is 1550 g/mol. The second-order valence-corrected chi connectivity index (χ2v) is 29.6. The Morgan fingerprint density at radius 3 is 0.473 bits per heavy atom. The van der Waals surface area contributed by atoms with E-state index in [2.05, 4.69) is 470 Å². The second kappa shape index (κ2) is 29.0. The maximum Gasteiger partial charge on any atom is 0.0341 e. The van der Waals surface area contributed by atoms with E-state index in [-0.39, 0.29) is 0 Å². The van der Waals surface area contributed by atoms with Crippen LogP contribution in [0.1, 0.15) is 0 Å². The smallest absolute Gasteiger partial charge is 0.0341 e. The van der Waals surface area contributed by atoms with E-state index in [9.17, 15) is 0 Å². The molecule has 0 amide bonds. The first-order valence-corrected chi connectivity index (χ1v) is 38.4. The molecule has 19 rings (SSSR count). The molecule has 0 atom stereocenters. The van der Waals surface area contributed by atoms with E-state index in [0.717, 1.165) is 201 Å². The third-order valence-electron chi connectivity index (χ3n) is 20.5. The van der Waals surface area contributed by atoms with Crippen molar-refractivity contribution < 1.29 is 0 Å². The summed E-state index contributed by atoms with van der Waals surface area (Å²) in [5.74, 6) is 0. The lowest BCUT2D eigenvalue weighted by molar-refractivity contribution is 1.75. The second-order valence-electron chi connectivity index (χ2n) is 27.1. The summed E-state index contributed by atoms with van der Waals surface area (Å²) in [4.78, 5) is 0. The van der Waals surface area contributed by atoms with Crippen LogP contribution >= 0.6 is 45.2 Å². The van der Waals surface area contributed by atoms with Gasteiger partial charge in [-0.3, -0.25) is 0 Å². The Morgan fingerprint density at radius 1 is 0.145 bits per heavy atom. The summed E-state index contributed by atoms with van der Waals surface area (Å²) in [5, 5.41) is 35.6. The molecule has 0 aromatic heterocycles. The molecule has 0 radical (unpaired) electrons. The van der Waals surface area contributed by atoms with Gasteiger partial charge in [-0.2, -0.15) is 0 Å². The molecule has 0 saturated carbocycles. The van der Waals surface area contributed by atoms with Crippen molar-refractivity contribution in [2.24, 2.45) is 0 Å². The average Bonchev–Trinajstić information content (AvgIpc) is 0.769. The molecule has 19 aromatic carbocycles. The lowest BCUT2D eigenvalue weighted by Gasteiger charge is -2.07. The first-order chi connectivity index (χ1) is 54.3. The highest BCUT2D eigenvalue weighted by molar-refractivity contribution is 14.1. The zero-order chi connectivity index (χ0) is 73.4. The van der Waals surface area contributed by atoms with Crippen LogP contribution in [0.15, 0.2) is 328 Å². The minimum atomic E-state index is 0.843. The standard InChI is InChI=1S/C108H54I2/c109-91-67-71-41-45-87-61-53-79-25-9-17-37-97(79)105(87)101-83(57-49-75-21-5-13-33-93(75)101)29-1-2-30-84-58-50-76-22-6-14-34-94(76)102(84)106-88(62-54-80-26-10-18-38-98(80)106)46-42-72-66-74(70-92(110)68-72)44-48-90-64-56-82-28-12-20-40-100(82)108(90)104-86(60-52-78-24-8-16-36-96(78)104)32-4-3-31-85-59-51-77-23-7-15-35-95(77)103(85)107-89(47-43-73(65-71)69-91)63-55-81-27-11-19-39-99(81)107/h5-28,33-40,49-70H. The van der Waals surface area contributed by atoms with Crippen molar-refractivity contribution in [3.8, 4) is 0 Å². The van der Waals surface area contributed by atoms with Crippen LogP contribution in [-0.4, -0.2) is 0 Å². The third-order valence-corrected chi connectivity index (χ3v) is 21.8. The molecule has 4 bridgehead atoms. The van der Waals surface area contributed by atoms with Crippen LogP contribution in [0.2, 0.25) is 0 Å². The van der Waals surface area contributed by atoms with E-state index in [0.29, 0.717) is 0 Å². The number of hydrogen-bond acceptors (Lipinski definition) is 0. The van der Waals surface area contributed by atoms with Crippen molar-refractivity contribution in [2.45, 2.75) is 0 Å². The summed E-state index contributed by atoms with van der Waals surface area (Å²) in [6.45, 7) is 0. The molecule has 19 aromatic rings. The van der Waals surface area contributed by atoms with Gasteiger partial charge in [0.1, 0.15) is 0 Å². The Kier molecular flexibility index (Phi) is 17.6. The maximum absolute atomic E-state index is 3.72. The fourth-order valence-corrected chi connectivity index (χ4v) is 16.9. The van der Waals surface area contributed by atoms with Gasteiger partial charge in [0.05, 0.1) is 0 Å². The van der Waals surface area contributed by atoms with E-state index in [1.165, 1.54) is 0 Å². The molecule has 0 unspecified atom stereocenters. The Labute approximate surface area is 665 Å². The van der Waals surface area contributed by atoms with Gasteiger partial charge in [0.25, 0.3) is 0 Å². The molecule has 0 aliphatic heterocycles. The molecule has 110 heavy (non-hydrogen) atoms. The molecule has 500 valence electrons. The van der Waals surface area contributed by atoms with Gasteiger partial charge in [-0.05, 0) is 241 Å². The Bertz CT molecular complexity index is 6800. The molecule has 0 aliphatic rings. The molecule has 0 fully saturated rings. The number of halogens is 2. The third kappa shape index (κ3) is 12.8. The summed E-state index contributed by atoms with van der Waals surface area (Å²) >= 11 is 4.79. The molecule has 0 heterocycles. The predicted molar refractivity (Wildman–Crippen MR) is 481 cm³/mol. The van der Waals surface area contributed by atoms with Crippen molar-refractivity contribution >= 4 is 239 Å². The minimum absolute atomic E-state index is 0.843. The lowest BCUT2D eigenvalue weighted by atomic mass is 9.95. The average molecular weight is 1610 g/mol. The summed E-state index contributed by atoms with van der Waals surface area (Å²) in [6.07, 6.45) is 0. The molecule has 0 nitrogen and oxygen atoms in total. The van der Waals surface area contributed by atoms with Gasteiger partial charge in [0.2, 0.25) is 0 Å². The highest BCUT2D eigenvalue weighted by atomic mass is 127. The van der Waals surface area contributed by atoms with Crippen LogP contribution in [0.25, 0.3) is 194 Å². The summed E-state index contributed by atoms with van der Waals surface area (Å²) in [6, 6.07) is 173. The summed E-state index contributed by atoms with van der Waals surface area (Å²) < 4.78 is 2.04. The van der Waals surface area contributed by atoms with Crippen LogP contribution in [-0.2, 0) is 0 Å². The minimum Gasteiger partial charge on any atom is -0.0616 e. The van der Waals surface area contributed by atoms with E-state index >= 15 is 0 Å². The zero-order valence-corrected chi connectivity index (χ0v) is 63.2. The molecule has 0 aliphatic carbocycles. The SMILES string of the molecule is Ic1cc2c#cc3ccc4ccccc4c3c3c(c#cc#cc4ccc5ccccc5c4c4c(c#cc5cc(I)cc(c#cc6ccc7ccccc7c6c6c(c#cc#cc7ccc8ccccc8c7c7c(c#cc(c1)c2)ccc1ccccc17)ccc1ccccc16)c5)ccc1ccccc14)ccc1ccccc13. The van der Waals surface area contributed by atoms with Crippen LogP contribution in [0.3, 0.4) is 0 Å². The fourth-order valence-electron chi connectivity index (χ4n) is 15.6. The molecule has 0 saturated heterocycles. The highest BCUT2D eigenvalue weighted by Crippen LogP contribution is 2.39. The van der Waals surface area contributed by atoms with Gasteiger partial charge in [-0.25, -0.2) is 0 Å². The Morgan fingerprint density at radius 2 is 0.300 bits per heavy atom. The number of hydrogen-bond donors (Lipinski definition) is 0. The first-order valence-electron chi connectivity index (χ1n) is 36.2. The van der Waals surface area contributed by atoms with Gasteiger partial charge in [0, 0.05) is 115 Å². The van der Waals surface area contributed by atoms with Gasteiger partial charge in [-0.1, -0.05) is 315 Å². The maximum atomic E-state index is 3.72. The van der Waals surface area contributed by atoms with Crippen molar-refractivity contribution in [2.75, 3.05) is 0 Å². The van der Waals surface area contributed by atoms with Crippen molar-refractivity contribution in [1.29, 1.82) is 0 Å². The molecule has 0 spiro atoms. The normalized spacial score (nSPS) is 10.8. The van der Waals surface area contributed by atoms with Crippen molar-refractivity contribution in [3.05, 3.63) is 432 Å². The van der Waals surface area contributed by atoms with Crippen LogP contribution in [0, 0.1) is 104 Å². The lowest BCUT2D eigenvalue weighted by Crippen LogP contribution is -1.81. The van der Waals surface area contributed by atoms with E-state index in [1.54, 1.807) is 0 Å². The highest BCUT2D eigenvalue weighted by Gasteiger charge is 2.13. The van der Waals surface area contributed by atoms with Crippen molar-refractivity contribution in [1.82, 2.24) is 0 Å². The van der Waals surface area contributed by atoms with Crippen molar-refractivity contribution in [3.63, 3.8) is 0 Å². The van der Waals surface area contributed by atoms with E-state index in [4.69, 9.17) is 0 Å². The monoisotopic (exact) mass is 1600 g/mol. The zero-order valence-electron chi connectivity index (χ0n) is 58.9. The van der Waals surface area contributed by atoms with Gasteiger partial charge >= 0.3 is 0 Å². The van der Waals surface area contributed by atoms with Gasteiger partial charge in [-0.15, -0.1) is 0 Å². The van der Waals surface area contributed by atoms with Gasteiger partial charge in [0.15, 0.2) is 0 Å². The number of rotatable bonds is 0. The van der Waals surface area contributed by atoms with Crippen LogP contribution < -0.4 is 0 Å². The Hall–Kier alpha value is -14.0. The quantitative estimate of drug-likeness (QED) is 0.133. The van der Waals surface area contributed by atoms with E-state index in [1.807, 2.05) is 0 Å². The van der Waals surface area contributed by atoms with Crippen LogP contribution in [0.4, 0.5) is 0 Å². The largest absolute Gasteiger partial charge is 0.0616 e. The Balaban J connectivity index is 0.932. The fraction of sp³-hybridized carbons (Fsp3) is 0. The summed E-state index contributed by atoms with van der Waals surface area (Å²) in [5.41, 5.74) is 0. The topological polar surface area (TPSA) is 0 Å². The first kappa shape index (κ1) is 66.6. The summed E-state index contributed by atoms with van der Waals surface area (Å²) in [7, 11) is 0. The molecule has 0 N–H and O–H groups in total. The molecule has 2 heteroatoms. The predicted octanol–water partition coefficient (Wildman–Crippen LogP) is 28.9. The molecular formula is C108H54I2. The number of fused-ring (bicyclic) bond motifs is 32. The van der Waals surface area contributed by atoms with Crippen LogP contribution in [0.5, 0.6) is 0 Å². The van der Waals surface area contributed by atoms with Gasteiger partial charge < -0.3 is 0 Å².